The molecule has 0 radical (unpaired) electrons. The van der Waals surface area contributed by atoms with Crippen molar-refractivity contribution in [2.45, 2.75) is 13.5 Å². The number of carbonyl (C=O) groups excluding carboxylic acids is 1. The molecule has 1 heterocycles. The first-order chi connectivity index (χ1) is 11.1. The third kappa shape index (κ3) is 3.23. The van der Waals surface area contributed by atoms with Crippen LogP contribution in [0.5, 0.6) is 0 Å². The highest BCUT2D eigenvalue weighted by Crippen LogP contribution is 2.21. The fraction of sp³-hybridized carbons (Fsp3) is 0.111. The second-order valence-corrected chi connectivity index (χ2v) is 5.34. The van der Waals surface area contributed by atoms with Crippen LogP contribution in [0.2, 0.25) is 0 Å². The number of amides is 1. The first-order valence-electron chi connectivity index (χ1n) is 7.37. The van der Waals surface area contributed by atoms with Crippen LogP contribution in [0.15, 0.2) is 60.9 Å². The maximum atomic E-state index is 11.5. The number of nitrogens with zero attached hydrogens (tertiary/aromatic N) is 2. The molecule has 0 aliphatic carbocycles. The molecule has 3 aromatic rings. The standard InChI is InChI=1S/C18H18N4O/c1-13-6-5-9-16(18(19)23)17(13)20-10-14-11-21-22(12-14)15-7-3-2-4-8-15/h2-9,11-12,20H,10H2,1H3,(H2,19,23). The van der Waals surface area contributed by atoms with E-state index in [4.69, 9.17) is 5.73 Å². The van der Waals surface area contributed by atoms with E-state index in [2.05, 4.69) is 10.4 Å². The Morgan fingerprint density at radius 3 is 2.70 bits per heavy atom. The lowest BCUT2D eigenvalue weighted by atomic mass is 10.1. The molecular weight excluding hydrogens is 288 g/mol. The van der Waals surface area contributed by atoms with Crippen molar-refractivity contribution < 1.29 is 4.79 Å². The van der Waals surface area contributed by atoms with E-state index in [-0.39, 0.29) is 0 Å². The van der Waals surface area contributed by atoms with Gasteiger partial charge in [-0.25, -0.2) is 4.68 Å². The third-order valence-electron chi connectivity index (χ3n) is 3.66. The minimum absolute atomic E-state index is 0.434. The zero-order valence-corrected chi connectivity index (χ0v) is 12.9. The molecule has 5 heteroatoms. The Morgan fingerprint density at radius 2 is 1.96 bits per heavy atom. The van der Waals surface area contributed by atoms with Gasteiger partial charge in [-0.2, -0.15) is 5.10 Å². The molecule has 0 atom stereocenters. The molecule has 3 rings (SSSR count). The van der Waals surface area contributed by atoms with Crippen molar-refractivity contribution in [3.05, 3.63) is 77.6 Å². The Labute approximate surface area is 134 Å². The summed E-state index contributed by atoms with van der Waals surface area (Å²) in [6, 6.07) is 15.4. The molecule has 0 aliphatic rings. The van der Waals surface area contributed by atoms with Gasteiger partial charge in [-0.1, -0.05) is 30.3 Å². The fourth-order valence-electron chi connectivity index (χ4n) is 2.47. The van der Waals surface area contributed by atoms with E-state index in [1.165, 1.54) is 0 Å². The molecule has 5 nitrogen and oxygen atoms in total. The zero-order chi connectivity index (χ0) is 16.2. The van der Waals surface area contributed by atoms with Crippen LogP contribution in [0.4, 0.5) is 5.69 Å². The van der Waals surface area contributed by atoms with E-state index >= 15 is 0 Å². The Morgan fingerprint density at radius 1 is 1.17 bits per heavy atom. The Hall–Kier alpha value is -3.08. The van der Waals surface area contributed by atoms with Gasteiger partial charge in [0.25, 0.3) is 5.91 Å². The maximum Gasteiger partial charge on any atom is 0.250 e. The summed E-state index contributed by atoms with van der Waals surface area (Å²) in [7, 11) is 0. The topological polar surface area (TPSA) is 72.9 Å². The van der Waals surface area contributed by atoms with Gasteiger partial charge in [0.05, 0.1) is 23.1 Å². The maximum absolute atomic E-state index is 11.5. The van der Waals surface area contributed by atoms with Crippen LogP contribution >= 0.6 is 0 Å². The van der Waals surface area contributed by atoms with Gasteiger partial charge in [0.2, 0.25) is 0 Å². The fourth-order valence-corrected chi connectivity index (χ4v) is 2.47. The van der Waals surface area contributed by atoms with Gasteiger partial charge in [0.1, 0.15) is 0 Å². The highest BCUT2D eigenvalue weighted by atomic mass is 16.1. The second kappa shape index (κ2) is 6.36. The monoisotopic (exact) mass is 306 g/mol. The van der Waals surface area contributed by atoms with Gasteiger partial charge in [0.15, 0.2) is 0 Å². The van der Waals surface area contributed by atoms with Gasteiger partial charge in [-0.3, -0.25) is 4.79 Å². The number of anilines is 1. The van der Waals surface area contributed by atoms with Gasteiger partial charge < -0.3 is 11.1 Å². The summed E-state index contributed by atoms with van der Waals surface area (Å²) in [5.74, 6) is -0.434. The van der Waals surface area contributed by atoms with Crippen LogP contribution in [-0.4, -0.2) is 15.7 Å². The number of benzene rings is 2. The third-order valence-corrected chi connectivity index (χ3v) is 3.66. The van der Waals surface area contributed by atoms with Crippen molar-refractivity contribution >= 4 is 11.6 Å². The van der Waals surface area contributed by atoms with Crippen LogP contribution < -0.4 is 11.1 Å². The lowest BCUT2D eigenvalue weighted by Gasteiger charge is -2.12. The first kappa shape index (κ1) is 14.8. The van der Waals surface area contributed by atoms with Crippen molar-refractivity contribution in [1.29, 1.82) is 0 Å². The van der Waals surface area contributed by atoms with Crippen molar-refractivity contribution in [2.24, 2.45) is 5.73 Å². The van der Waals surface area contributed by atoms with E-state index in [1.807, 2.05) is 66.5 Å². The summed E-state index contributed by atoms with van der Waals surface area (Å²) in [5.41, 5.74) is 9.72. The molecule has 0 aliphatic heterocycles. The SMILES string of the molecule is Cc1cccc(C(N)=O)c1NCc1cnn(-c2ccccc2)c1. The Balaban J connectivity index is 1.78. The molecule has 0 unspecified atom stereocenters. The van der Waals surface area contributed by atoms with Crippen molar-refractivity contribution in [2.75, 3.05) is 5.32 Å². The predicted octanol–water partition coefficient (Wildman–Crippen LogP) is 2.89. The van der Waals surface area contributed by atoms with E-state index in [1.54, 1.807) is 6.07 Å². The number of nitrogens with two attached hydrogens (primary N) is 1. The van der Waals surface area contributed by atoms with Gasteiger partial charge in [-0.05, 0) is 30.7 Å². The second-order valence-electron chi connectivity index (χ2n) is 5.34. The molecule has 0 fully saturated rings. The molecule has 1 amide bonds. The van der Waals surface area contributed by atoms with Crippen LogP contribution in [-0.2, 0) is 6.54 Å². The van der Waals surface area contributed by atoms with Crippen LogP contribution in [0, 0.1) is 6.92 Å². The number of primary amides is 1. The minimum Gasteiger partial charge on any atom is -0.380 e. The molecule has 116 valence electrons. The average Bonchev–Trinajstić information content (AvgIpc) is 3.03. The summed E-state index contributed by atoms with van der Waals surface area (Å²) in [6.45, 7) is 2.51. The van der Waals surface area contributed by atoms with Crippen molar-refractivity contribution in [3.8, 4) is 5.69 Å². The summed E-state index contributed by atoms with van der Waals surface area (Å²) < 4.78 is 1.82. The number of hydrogen-bond acceptors (Lipinski definition) is 3. The Kier molecular flexibility index (Phi) is 4.10. The molecule has 0 bridgehead atoms. The molecule has 0 spiro atoms. The normalized spacial score (nSPS) is 10.5. The lowest BCUT2D eigenvalue weighted by molar-refractivity contribution is 0.100. The summed E-state index contributed by atoms with van der Waals surface area (Å²) in [5, 5.41) is 7.65. The number of nitrogens with one attached hydrogen (secondary N) is 1. The van der Waals surface area contributed by atoms with E-state index < -0.39 is 5.91 Å². The number of hydrogen-bond donors (Lipinski definition) is 2. The number of carbonyl (C=O) groups is 1. The number of rotatable bonds is 5. The highest BCUT2D eigenvalue weighted by molar-refractivity contribution is 5.99. The number of aromatic nitrogens is 2. The zero-order valence-electron chi connectivity index (χ0n) is 12.9. The minimum atomic E-state index is -0.434. The molecule has 23 heavy (non-hydrogen) atoms. The van der Waals surface area contributed by atoms with Crippen LogP contribution in [0.1, 0.15) is 21.5 Å². The summed E-state index contributed by atoms with van der Waals surface area (Å²) in [4.78, 5) is 11.5. The molecule has 2 aromatic carbocycles. The summed E-state index contributed by atoms with van der Waals surface area (Å²) in [6.07, 6.45) is 3.77. The van der Waals surface area contributed by atoms with E-state index in [0.717, 1.165) is 22.5 Å². The Bertz CT molecular complexity index is 824. The smallest absolute Gasteiger partial charge is 0.250 e. The summed E-state index contributed by atoms with van der Waals surface area (Å²) >= 11 is 0. The van der Waals surface area contributed by atoms with E-state index in [9.17, 15) is 4.79 Å². The molecule has 0 saturated carbocycles. The van der Waals surface area contributed by atoms with Crippen molar-refractivity contribution in [1.82, 2.24) is 9.78 Å². The average molecular weight is 306 g/mol. The first-order valence-corrected chi connectivity index (χ1v) is 7.37. The van der Waals surface area contributed by atoms with Crippen molar-refractivity contribution in [3.63, 3.8) is 0 Å². The van der Waals surface area contributed by atoms with Crippen LogP contribution in [0.3, 0.4) is 0 Å². The molecular formula is C18H18N4O. The lowest BCUT2D eigenvalue weighted by Crippen LogP contribution is -2.15. The molecule has 0 saturated heterocycles. The predicted molar refractivity (Wildman–Crippen MR) is 90.6 cm³/mol. The van der Waals surface area contributed by atoms with Gasteiger partial charge in [-0.15, -0.1) is 0 Å². The van der Waals surface area contributed by atoms with E-state index in [0.29, 0.717) is 12.1 Å². The molecule has 3 N–H and O–H groups in total. The number of aryl methyl sites for hydroxylation is 1. The quantitative estimate of drug-likeness (QED) is 0.761. The molecule has 1 aromatic heterocycles. The number of para-hydroxylation sites is 2. The van der Waals surface area contributed by atoms with Crippen LogP contribution in [0.25, 0.3) is 5.69 Å². The van der Waals surface area contributed by atoms with Gasteiger partial charge >= 0.3 is 0 Å². The largest absolute Gasteiger partial charge is 0.380 e. The van der Waals surface area contributed by atoms with Gasteiger partial charge in [0, 0.05) is 18.3 Å². The highest BCUT2D eigenvalue weighted by Gasteiger charge is 2.10.